The molecule has 0 aliphatic rings. The Hall–Kier alpha value is -3.46. The molecule has 9 nitrogen and oxygen atoms in total. The lowest BCUT2D eigenvalue weighted by Gasteiger charge is -2.12. The van der Waals surface area contributed by atoms with Crippen LogP contribution in [0.3, 0.4) is 0 Å². The molecule has 0 saturated heterocycles. The molecule has 0 N–H and O–H groups in total. The number of rotatable bonds is 8. The SMILES string of the molecule is COc1ccc(/C(C)=N/OCc2nc3c4c(C)c(C)n(CCN(C)C)c4ncn3n2)cc1. The fraction of sp³-hybridized carbons (Fsp3) is 0.391. The van der Waals surface area contributed by atoms with E-state index in [1.807, 2.05) is 31.2 Å². The summed E-state index contributed by atoms with van der Waals surface area (Å²) in [4.78, 5) is 17.1. The molecule has 4 aromatic rings. The van der Waals surface area contributed by atoms with E-state index in [-0.39, 0.29) is 6.61 Å². The topological polar surface area (TPSA) is 82.1 Å². The highest BCUT2D eigenvalue weighted by molar-refractivity contribution is 5.98. The van der Waals surface area contributed by atoms with Gasteiger partial charge in [0.15, 0.2) is 18.1 Å². The Bertz CT molecular complexity index is 1270. The maximum absolute atomic E-state index is 5.55. The van der Waals surface area contributed by atoms with E-state index in [0.717, 1.165) is 46.8 Å². The molecule has 3 aromatic heterocycles. The number of hydrogen-bond donors (Lipinski definition) is 0. The summed E-state index contributed by atoms with van der Waals surface area (Å²) in [7, 11) is 5.79. The Balaban J connectivity index is 1.56. The Kier molecular flexibility index (Phi) is 6.09. The second-order valence-corrected chi connectivity index (χ2v) is 8.08. The molecule has 168 valence electrons. The molecule has 0 unspecified atom stereocenters. The first-order chi connectivity index (χ1) is 15.4. The molecule has 3 heterocycles. The van der Waals surface area contributed by atoms with Crippen LogP contribution in [0.5, 0.6) is 5.75 Å². The van der Waals surface area contributed by atoms with Crippen molar-refractivity contribution >= 4 is 22.4 Å². The molecule has 0 bridgehead atoms. The molecule has 0 spiro atoms. The summed E-state index contributed by atoms with van der Waals surface area (Å²) in [6, 6.07) is 7.67. The number of benzene rings is 1. The van der Waals surface area contributed by atoms with Gasteiger partial charge in [0.05, 0.1) is 18.2 Å². The first kappa shape index (κ1) is 21.8. The number of aromatic nitrogens is 5. The molecule has 0 radical (unpaired) electrons. The third-order valence-corrected chi connectivity index (χ3v) is 5.66. The highest BCUT2D eigenvalue weighted by Crippen LogP contribution is 2.26. The standard InChI is InChI=1S/C23H29N7O2/c1-15-17(3)29(12-11-28(4)5)22-21(15)23-25-20(26-30(23)14-24-22)13-32-27-16(2)18-7-9-19(31-6)10-8-18/h7-10,14H,11-13H2,1-6H3/b27-16+. The Morgan fingerprint density at radius 1 is 1.12 bits per heavy atom. The summed E-state index contributed by atoms with van der Waals surface area (Å²) in [6.07, 6.45) is 1.71. The van der Waals surface area contributed by atoms with E-state index >= 15 is 0 Å². The minimum Gasteiger partial charge on any atom is -0.497 e. The van der Waals surface area contributed by atoms with E-state index in [4.69, 9.17) is 14.6 Å². The van der Waals surface area contributed by atoms with Crippen molar-refractivity contribution in [2.45, 2.75) is 33.9 Å². The average molecular weight is 436 g/mol. The molecular formula is C23H29N7O2. The third kappa shape index (κ3) is 4.16. The van der Waals surface area contributed by atoms with Gasteiger partial charge < -0.3 is 19.0 Å². The van der Waals surface area contributed by atoms with Crippen molar-refractivity contribution in [3.05, 3.63) is 53.2 Å². The smallest absolute Gasteiger partial charge is 0.192 e. The van der Waals surface area contributed by atoms with Crippen LogP contribution in [-0.4, -0.2) is 62.5 Å². The van der Waals surface area contributed by atoms with Crippen molar-refractivity contribution in [3.63, 3.8) is 0 Å². The van der Waals surface area contributed by atoms with Crippen LogP contribution in [0.25, 0.3) is 16.7 Å². The lowest BCUT2D eigenvalue weighted by molar-refractivity contribution is 0.125. The van der Waals surface area contributed by atoms with Gasteiger partial charge in [0, 0.05) is 18.8 Å². The number of hydrogen-bond acceptors (Lipinski definition) is 7. The summed E-state index contributed by atoms with van der Waals surface area (Å²) in [5.74, 6) is 1.36. The molecule has 32 heavy (non-hydrogen) atoms. The number of oxime groups is 1. The van der Waals surface area contributed by atoms with Crippen LogP contribution in [0, 0.1) is 13.8 Å². The van der Waals surface area contributed by atoms with E-state index < -0.39 is 0 Å². The molecule has 9 heteroatoms. The number of nitrogens with zero attached hydrogens (tertiary/aromatic N) is 7. The zero-order chi connectivity index (χ0) is 22.8. The Labute approximate surface area is 187 Å². The van der Waals surface area contributed by atoms with E-state index in [0.29, 0.717) is 5.82 Å². The molecule has 0 saturated carbocycles. The molecule has 0 fully saturated rings. The Morgan fingerprint density at radius 2 is 1.88 bits per heavy atom. The largest absolute Gasteiger partial charge is 0.497 e. The molecule has 0 aliphatic carbocycles. The summed E-state index contributed by atoms with van der Waals surface area (Å²) in [5, 5.41) is 9.77. The normalized spacial score (nSPS) is 12.3. The van der Waals surface area contributed by atoms with Crippen LogP contribution in [0.1, 0.15) is 29.6 Å². The van der Waals surface area contributed by atoms with Crippen LogP contribution in [-0.2, 0) is 18.0 Å². The van der Waals surface area contributed by atoms with Gasteiger partial charge in [-0.3, -0.25) is 0 Å². The van der Waals surface area contributed by atoms with E-state index in [1.54, 1.807) is 18.0 Å². The number of methoxy groups -OCH3 is 1. The third-order valence-electron chi connectivity index (χ3n) is 5.66. The molecule has 0 atom stereocenters. The van der Waals surface area contributed by atoms with Crippen LogP contribution in [0.4, 0.5) is 0 Å². The maximum Gasteiger partial charge on any atom is 0.192 e. The van der Waals surface area contributed by atoms with Crippen molar-refractivity contribution in [3.8, 4) is 5.75 Å². The highest BCUT2D eigenvalue weighted by atomic mass is 16.6. The predicted molar refractivity (Wildman–Crippen MR) is 124 cm³/mol. The van der Waals surface area contributed by atoms with Crippen molar-refractivity contribution in [2.75, 3.05) is 27.7 Å². The van der Waals surface area contributed by atoms with Crippen LogP contribution in [0.2, 0.25) is 0 Å². The van der Waals surface area contributed by atoms with E-state index in [2.05, 4.69) is 52.6 Å². The zero-order valence-corrected chi connectivity index (χ0v) is 19.5. The molecule has 0 aliphatic heterocycles. The van der Waals surface area contributed by atoms with E-state index in [1.165, 1.54) is 11.3 Å². The van der Waals surface area contributed by atoms with Gasteiger partial charge in [0.1, 0.15) is 17.7 Å². The minimum absolute atomic E-state index is 0.177. The van der Waals surface area contributed by atoms with Crippen molar-refractivity contribution in [1.82, 2.24) is 29.0 Å². The maximum atomic E-state index is 5.55. The molecule has 0 amide bonds. The molecular weight excluding hydrogens is 406 g/mol. The number of fused-ring (bicyclic) bond motifs is 3. The summed E-state index contributed by atoms with van der Waals surface area (Å²) in [6.45, 7) is 8.12. The lowest BCUT2D eigenvalue weighted by Crippen LogP contribution is -2.19. The molecule has 4 rings (SSSR count). The zero-order valence-electron chi connectivity index (χ0n) is 19.5. The Morgan fingerprint density at radius 3 is 2.56 bits per heavy atom. The van der Waals surface area contributed by atoms with E-state index in [9.17, 15) is 0 Å². The highest BCUT2D eigenvalue weighted by Gasteiger charge is 2.18. The number of ether oxygens (including phenoxy) is 1. The molecule has 1 aromatic carbocycles. The van der Waals surface area contributed by atoms with Gasteiger partial charge in [-0.2, -0.15) is 0 Å². The first-order valence-electron chi connectivity index (χ1n) is 10.5. The second-order valence-electron chi connectivity index (χ2n) is 8.08. The number of aryl methyl sites for hydroxylation is 1. The van der Waals surface area contributed by atoms with Gasteiger partial charge in [-0.05, 0) is 70.3 Å². The van der Waals surface area contributed by atoms with Crippen LogP contribution in [0.15, 0.2) is 35.7 Å². The van der Waals surface area contributed by atoms with Crippen LogP contribution < -0.4 is 4.74 Å². The fourth-order valence-electron chi connectivity index (χ4n) is 3.68. The summed E-state index contributed by atoms with van der Waals surface area (Å²) < 4.78 is 9.15. The summed E-state index contributed by atoms with van der Waals surface area (Å²) in [5.41, 5.74) is 5.82. The average Bonchev–Trinajstić information content (AvgIpc) is 3.30. The van der Waals surface area contributed by atoms with Gasteiger partial charge in [0.25, 0.3) is 0 Å². The fourth-order valence-corrected chi connectivity index (χ4v) is 3.68. The van der Waals surface area contributed by atoms with Crippen molar-refractivity contribution < 1.29 is 9.57 Å². The monoisotopic (exact) mass is 435 g/mol. The van der Waals surface area contributed by atoms with Crippen molar-refractivity contribution in [2.24, 2.45) is 5.16 Å². The van der Waals surface area contributed by atoms with Gasteiger partial charge >= 0.3 is 0 Å². The lowest BCUT2D eigenvalue weighted by atomic mass is 10.1. The van der Waals surface area contributed by atoms with Gasteiger partial charge in [-0.25, -0.2) is 14.5 Å². The quantitative estimate of drug-likeness (QED) is 0.312. The first-order valence-corrected chi connectivity index (χ1v) is 10.5. The van der Waals surface area contributed by atoms with Gasteiger partial charge in [-0.1, -0.05) is 5.16 Å². The predicted octanol–water partition coefficient (Wildman–Crippen LogP) is 3.21. The van der Waals surface area contributed by atoms with Gasteiger partial charge in [0.2, 0.25) is 0 Å². The summed E-state index contributed by atoms with van der Waals surface area (Å²) >= 11 is 0. The van der Waals surface area contributed by atoms with Gasteiger partial charge in [-0.15, -0.1) is 5.10 Å². The number of likely N-dealkylation sites (N-methyl/N-ethyl adjacent to an activating group) is 1. The second kappa shape index (κ2) is 8.96. The minimum atomic E-state index is 0.177. The van der Waals surface area contributed by atoms with Crippen molar-refractivity contribution in [1.29, 1.82) is 0 Å². The van der Waals surface area contributed by atoms with Crippen LogP contribution >= 0.6 is 0 Å².